The summed E-state index contributed by atoms with van der Waals surface area (Å²) in [4.78, 5) is 24.5. The first-order chi connectivity index (χ1) is 8.97. The van der Waals surface area contributed by atoms with Crippen LogP contribution in [-0.2, 0) is 9.59 Å². The Labute approximate surface area is 119 Å². The zero-order chi connectivity index (χ0) is 14.0. The summed E-state index contributed by atoms with van der Waals surface area (Å²) < 4.78 is 0.973. The predicted octanol–water partition coefficient (Wildman–Crippen LogP) is 1.54. The summed E-state index contributed by atoms with van der Waals surface area (Å²) in [5.41, 5.74) is 2.03. The Morgan fingerprint density at radius 3 is 2.89 bits per heavy atom. The summed E-state index contributed by atoms with van der Waals surface area (Å²) in [5, 5.41) is 11.6. The van der Waals surface area contributed by atoms with Crippen molar-refractivity contribution in [3.05, 3.63) is 28.2 Å². The number of nitrogens with zero attached hydrogens (tertiary/aromatic N) is 1. The molecule has 0 saturated carbocycles. The predicted molar refractivity (Wildman–Crippen MR) is 75.3 cm³/mol. The number of aryl methyl sites for hydroxylation is 1. The molecule has 1 atom stereocenters. The van der Waals surface area contributed by atoms with Gasteiger partial charge in [0.05, 0.1) is 0 Å². The summed E-state index contributed by atoms with van der Waals surface area (Å²) >= 11 is 3.46. The SMILES string of the molecule is Cc1ccc(N2CCC(=O)NC(C(=O)O)C2)cc1Br. The van der Waals surface area contributed by atoms with Crippen molar-refractivity contribution in [2.24, 2.45) is 0 Å². The first-order valence-corrected chi connectivity index (χ1v) is 6.80. The van der Waals surface area contributed by atoms with E-state index in [-0.39, 0.29) is 12.5 Å². The fourth-order valence-corrected chi connectivity index (χ4v) is 2.38. The van der Waals surface area contributed by atoms with Crippen molar-refractivity contribution in [1.82, 2.24) is 5.32 Å². The number of carbonyl (C=O) groups is 2. The molecule has 1 unspecified atom stereocenters. The number of carboxylic acid groups (broad SMARTS) is 1. The Morgan fingerprint density at radius 1 is 1.53 bits per heavy atom. The average molecular weight is 327 g/mol. The maximum absolute atomic E-state index is 11.5. The molecule has 2 N–H and O–H groups in total. The lowest BCUT2D eigenvalue weighted by atomic mass is 10.2. The molecular weight excluding hydrogens is 312 g/mol. The number of nitrogens with one attached hydrogen (secondary N) is 1. The highest BCUT2D eigenvalue weighted by Gasteiger charge is 2.27. The Morgan fingerprint density at radius 2 is 2.26 bits per heavy atom. The molecule has 0 radical (unpaired) electrons. The van der Waals surface area contributed by atoms with Gasteiger partial charge in [-0.1, -0.05) is 22.0 Å². The average Bonchev–Trinajstić information content (AvgIpc) is 2.55. The quantitative estimate of drug-likeness (QED) is 0.864. The van der Waals surface area contributed by atoms with Gasteiger partial charge >= 0.3 is 5.97 Å². The van der Waals surface area contributed by atoms with E-state index < -0.39 is 12.0 Å². The summed E-state index contributed by atoms with van der Waals surface area (Å²) in [5.74, 6) is -1.23. The van der Waals surface area contributed by atoms with Gasteiger partial charge in [-0.25, -0.2) is 4.79 Å². The molecule has 0 bridgehead atoms. The van der Waals surface area contributed by atoms with Crippen LogP contribution >= 0.6 is 15.9 Å². The van der Waals surface area contributed by atoms with E-state index in [0.717, 1.165) is 15.7 Å². The van der Waals surface area contributed by atoms with Crippen molar-refractivity contribution < 1.29 is 14.7 Å². The molecule has 19 heavy (non-hydrogen) atoms. The Balaban J connectivity index is 2.24. The summed E-state index contributed by atoms with van der Waals surface area (Å²) in [6.45, 7) is 2.78. The lowest BCUT2D eigenvalue weighted by Gasteiger charge is -2.24. The van der Waals surface area contributed by atoms with E-state index in [2.05, 4.69) is 21.2 Å². The van der Waals surface area contributed by atoms with Crippen LogP contribution in [0.1, 0.15) is 12.0 Å². The van der Waals surface area contributed by atoms with Crippen LogP contribution in [-0.4, -0.2) is 36.1 Å². The van der Waals surface area contributed by atoms with E-state index in [9.17, 15) is 9.59 Å². The van der Waals surface area contributed by atoms with E-state index in [1.54, 1.807) is 0 Å². The van der Waals surface area contributed by atoms with E-state index >= 15 is 0 Å². The molecule has 0 aliphatic carbocycles. The maximum atomic E-state index is 11.5. The van der Waals surface area contributed by atoms with Crippen LogP contribution in [0, 0.1) is 6.92 Å². The molecule has 6 heteroatoms. The molecule has 1 aromatic carbocycles. The Hall–Kier alpha value is -1.56. The third-order valence-electron chi connectivity index (χ3n) is 3.17. The standard InChI is InChI=1S/C13H15BrN2O3/c1-8-2-3-9(6-10(8)14)16-5-4-12(17)15-11(7-16)13(18)19/h2-3,6,11H,4-5,7H2,1H3,(H,15,17)(H,18,19). The van der Waals surface area contributed by atoms with Gasteiger partial charge in [-0.15, -0.1) is 0 Å². The van der Waals surface area contributed by atoms with Crippen molar-refractivity contribution in [3.8, 4) is 0 Å². The second-order valence-corrected chi connectivity index (χ2v) is 5.44. The first kappa shape index (κ1) is 13.9. The van der Waals surface area contributed by atoms with Crippen molar-refractivity contribution >= 4 is 33.5 Å². The fraction of sp³-hybridized carbons (Fsp3) is 0.385. The van der Waals surface area contributed by atoms with Crippen molar-refractivity contribution in [3.63, 3.8) is 0 Å². The smallest absolute Gasteiger partial charge is 0.328 e. The van der Waals surface area contributed by atoms with Crippen LogP contribution in [0.5, 0.6) is 0 Å². The van der Waals surface area contributed by atoms with Crippen LogP contribution in [0.2, 0.25) is 0 Å². The molecule has 1 aliphatic rings. The van der Waals surface area contributed by atoms with Gasteiger partial charge in [-0.3, -0.25) is 4.79 Å². The van der Waals surface area contributed by atoms with Gasteiger partial charge in [-0.2, -0.15) is 0 Å². The van der Waals surface area contributed by atoms with E-state index in [0.29, 0.717) is 13.0 Å². The van der Waals surface area contributed by atoms with Crippen LogP contribution in [0.25, 0.3) is 0 Å². The number of carboxylic acids is 1. The molecule has 1 heterocycles. The lowest BCUT2D eigenvalue weighted by molar-refractivity contribution is -0.141. The van der Waals surface area contributed by atoms with Gasteiger partial charge in [0.15, 0.2) is 0 Å². The maximum Gasteiger partial charge on any atom is 0.328 e. The monoisotopic (exact) mass is 326 g/mol. The van der Waals surface area contributed by atoms with Crippen LogP contribution in [0.3, 0.4) is 0 Å². The lowest BCUT2D eigenvalue weighted by Crippen LogP contribution is -2.45. The number of halogens is 1. The zero-order valence-corrected chi connectivity index (χ0v) is 12.1. The van der Waals surface area contributed by atoms with E-state index in [1.165, 1.54) is 0 Å². The molecule has 1 saturated heterocycles. The molecule has 1 amide bonds. The van der Waals surface area contributed by atoms with Gasteiger partial charge in [0.1, 0.15) is 6.04 Å². The van der Waals surface area contributed by atoms with E-state index in [1.807, 2.05) is 30.0 Å². The number of benzene rings is 1. The molecule has 1 aliphatic heterocycles. The third kappa shape index (κ3) is 3.26. The minimum atomic E-state index is -1.01. The Kier molecular flexibility index (Phi) is 4.09. The van der Waals surface area contributed by atoms with Crippen LogP contribution in [0.15, 0.2) is 22.7 Å². The number of hydrogen-bond donors (Lipinski definition) is 2. The highest BCUT2D eigenvalue weighted by molar-refractivity contribution is 9.10. The minimum Gasteiger partial charge on any atom is -0.480 e. The summed E-state index contributed by atoms with van der Waals surface area (Å²) in [6, 6.07) is 4.99. The van der Waals surface area contributed by atoms with Crippen molar-refractivity contribution in [1.29, 1.82) is 0 Å². The van der Waals surface area contributed by atoms with Gasteiger partial charge in [0, 0.05) is 29.7 Å². The number of anilines is 1. The molecule has 2 rings (SSSR count). The highest BCUT2D eigenvalue weighted by atomic mass is 79.9. The van der Waals surface area contributed by atoms with Crippen molar-refractivity contribution in [2.45, 2.75) is 19.4 Å². The van der Waals surface area contributed by atoms with E-state index in [4.69, 9.17) is 5.11 Å². The molecule has 5 nitrogen and oxygen atoms in total. The number of rotatable bonds is 2. The van der Waals surface area contributed by atoms with Gasteiger partial charge < -0.3 is 15.3 Å². The second-order valence-electron chi connectivity index (χ2n) is 4.59. The zero-order valence-electron chi connectivity index (χ0n) is 10.5. The number of aliphatic carboxylic acids is 1. The molecule has 1 aromatic rings. The number of amides is 1. The largest absolute Gasteiger partial charge is 0.480 e. The van der Waals surface area contributed by atoms with Gasteiger partial charge in [0.2, 0.25) is 5.91 Å². The Bertz CT molecular complexity index is 519. The number of hydrogen-bond acceptors (Lipinski definition) is 3. The highest BCUT2D eigenvalue weighted by Crippen LogP contribution is 2.24. The topological polar surface area (TPSA) is 69.6 Å². The van der Waals surface area contributed by atoms with Gasteiger partial charge in [0.25, 0.3) is 0 Å². The molecule has 0 aromatic heterocycles. The molecular formula is C13H15BrN2O3. The van der Waals surface area contributed by atoms with Crippen molar-refractivity contribution in [2.75, 3.05) is 18.0 Å². The van der Waals surface area contributed by atoms with Gasteiger partial charge in [-0.05, 0) is 24.6 Å². The second kappa shape index (κ2) is 5.61. The molecule has 0 spiro atoms. The minimum absolute atomic E-state index is 0.221. The first-order valence-electron chi connectivity index (χ1n) is 6.00. The number of carbonyl (C=O) groups excluding carboxylic acids is 1. The molecule has 1 fully saturated rings. The normalized spacial score (nSPS) is 19.8. The summed E-state index contributed by atoms with van der Waals surface area (Å²) in [6.07, 6.45) is 0.301. The van der Waals surface area contributed by atoms with Crippen LogP contribution < -0.4 is 10.2 Å². The van der Waals surface area contributed by atoms with Crippen LogP contribution in [0.4, 0.5) is 5.69 Å². The third-order valence-corrected chi connectivity index (χ3v) is 4.02. The fourth-order valence-electron chi connectivity index (χ4n) is 2.01. The summed E-state index contributed by atoms with van der Waals surface area (Å²) in [7, 11) is 0. The molecule has 102 valence electrons.